The number of anilines is 5. The second kappa shape index (κ2) is 43.4. The molecule has 5 aliphatic carbocycles. The van der Waals surface area contributed by atoms with E-state index in [4.69, 9.17) is 32.9 Å². The number of rotatable bonds is 26. The zero-order valence-electron chi connectivity index (χ0n) is 82.5. The third kappa shape index (κ3) is 23.6. The maximum absolute atomic E-state index is 14.1. The molecule has 19 rings (SSSR count). The van der Waals surface area contributed by atoms with E-state index in [1.165, 1.54) is 119 Å². The molecule has 31 nitrogen and oxygen atoms in total. The highest BCUT2D eigenvalue weighted by molar-refractivity contribution is 5.98. The Morgan fingerprint density at radius 2 is 0.723 bits per heavy atom. The lowest BCUT2D eigenvalue weighted by Gasteiger charge is -2.41. The SMILES string of the molecule is [C-]#[N+]c1cc(OC(F)F)c2nc(NC(=O)CC(C)(C)O)n(C3(C)CCC3)c2c1.[C-]#[N+]c1cc2c(cc1F)nc(NC(=O)C[C@@](C)(O)c1ccccc1F)n2C1CCC1.[C-]#[N+]c1cc2c(cc1F)nc(NC(=O)C[C@](C)(O)c1ccc(C)cc1)n2C1CCC1.[C-]#[N+]c1cc2c(cc1F)nc(NC(=O)C[C@](C)(O)c1cccc(C)c1)n2C1CCC1.[C-]#[N+]c1cc2c(cc1F)nc(NC(=O)C[C@](C)(O)c1ccccc1F)n2C1CCC1. The lowest BCUT2D eigenvalue weighted by Crippen LogP contribution is -2.38. The van der Waals surface area contributed by atoms with Gasteiger partial charge in [0.25, 0.3) is 0 Å². The molecular weight excluding hydrogens is 1920 g/mol. The van der Waals surface area contributed by atoms with Crippen LogP contribution in [-0.4, -0.2) is 115 Å². The highest BCUT2D eigenvalue weighted by Gasteiger charge is 2.41. The molecule has 0 radical (unpaired) electrons. The van der Waals surface area contributed by atoms with Crippen molar-refractivity contribution in [3.8, 4) is 5.75 Å². The molecule has 14 aromatic rings. The van der Waals surface area contributed by atoms with E-state index in [-0.39, 0.29) is 142 Å². The van der Waals surface area contributed by atoms with Crippen molar-refractivity contribution in [3.05, 3.63) is 283 Å². The molecular formula is C109H108F8N20O11. The predicted molar refractivity (Wildman–Crippen MR) is 541 cm³/mol. The Kier molecular flexibility index (Phi) is 31.2. The van der Waals surface area contributed by atoms with Crippen molar-refractivity contribution >= 4 is 143 Å². The van der Waals surface area contributed by atoms with Gasteiger partial charge in [0, 0.05) is 40.8 Å². The highest BCUT2D eigenvalue weighted by Crippen LogP contribution is 2.49. The minimum Gasteiger partial charge on any atom is -0.434 e. The molecule has 10 N–H and O–H groups in total. The van der Waals surface area contributed by atoms with Gasteiger partial charge in [-0.3, -0.25) is 50.6 Å². The fraction of sp³-hybridized carbons (Fsp3) is 0.367. The monoisotopic (exact) mass is 2020 g/mol. The van der Waals surface area contributed by atoms with Crippen molar-refractivity contribution in [1.82, 2.24) is 47.8 Å². The summed E-state index contributed by atoms with van der Waals surface area (Å²) >= 11 is 0. The van der Waals surface area contributed by atoms with E-state index in [2.05, 4.69) is 80.5 Å². The molecule has 766 valence electrons. The number of hydrogen-bond donors (Lipinski definition) is 10. The number of halogens is 8. The van der Waals surface area contributed by atoms with Gasteiger partial charge in [-0.05, 0) is 243 Å². The third-order valence-electron chi connectivity index (χ3n) is 27.4. The van der Waals surface area contributed by atoms with E-state index < -0.39 is 87.2 Å². The third-order valence-corrected chi connectivity index (χ3v) is 27.4. The van der Waals surface area contributed by atoms with Crippen molar-refractivity contribution in [2.45, 2.75) is 255 Å². The molecule has 9 aromatic carbocycles. The average molecular weight is 2030 g/mol. The molecule has 5 saturated carbocycles. The summed E-state index contributed by atoms with van der Waals surface area (Å²) in [5.74, 6) is -5.05. The largest absolute Gasteiger partial charge is 0.434 e. The van der Waals surface area contributed by atoms with Crippen LogP contribution in [-0.2, 0) is 51.9 Å². The van der Waals surface area contributed by atoms with Crippen molar-refractivity contribution in [1.29, 1.82) is 0 Å². The lowest BCUT2D eigenvalue weighted by atomic mass is 9.78. The minimum atomic E-state index is -3.07. The van der Waals surface area contributed by atoms with Gasteiger partial charge in [0.1, 0.15) is 46.2 Å². The van der Waals surface area contributed by atoms with E-state index in [1.807, 2.05) is 69.4 Å². The molecule has 5 aromatic heterocycles. The van der Waals surface area contributed by atoms with Gasteiger partial charge in [0.15, 0.2) is 5.69 Å². The Bertz CT molecular complexity index is 7530. The summed E-state index contributed by atoms with van der Waals surface area (Å²) in [5.41, 5.74) is 0.0108. The van der Waals surface area contributed by atoms with Gasteiger partial charge in [-0.15, -0.1) is 0 Å². The van der Waals surface area contributed by atoms with Crippen LogP contribution in [0.25, 0.3) is 79.4 Å². The molecule has 0 bridgehead atoms. The number of aliphatic hydroxyl groups is 5. The van der Waals surface area contributed by atoms with Crippen molar-refractivity contribution in [2.75, 3.05) is 26.6 Å². The van der Waals surface area contributed by atoms with E-state index in [1.54, 1.807) is 54.8 Å². The van der Waals surface area contributed by atoms with E-state index in [0.29, 0.717) is 72.7 Å². The quantitative estimate of drug-likeness (QED) is 0.0178. The number of carbonyl (C=O) groups is 5. The summed E-state index contributed by atoms with van der Waals surface area (Å²) < 4.78 is 124. The number of hydrogen-bond acceptors (Lipinski definition) is 16. The number of aromatic nitrogens is 10. The van der Waals surface area contributed by atoms with Gasteiger partial charge in [0.05, 0.1) is 143 Å². The molecule has 5 fully saturated rings. The highest BCUT2D eigenvalue weighted by atomic mass is 19.3. The lowest BCUT2D eigenvalue weighted by molar-refractivity contribution is -0.122. The number of benzene rings is 9. The first-order chi connectivity index (χ1) is 70.2. The van der Waals surface area contributed by atoms with Gasteiger partial charge in [-0.1, -0.05) is 96.1 Å². The van der Waals surface area contributed by atoms with Crippen LogP contribution in [0.5, 0.6) is 5.75 Å². The summed E-state index contributed by atoms with van der Waals surface area (Å²) in [6.07, 6.45) is 12.8. The van der Waals surface area contributed by atoms with Crippen LogP contribution in [0.4, 0.5) is 93.3 Å². The molecule has 0 unspecified atom stereocenters. The first-order valence-corrected chi connectivity index (χ1v) is 48.2. The predicted octanol–water partition coefficient (Wildman–Crippen LogP) is 23.8. The molecule has 39 heteroatoms. The molecule has 5 heterocycles. The zero-order valence-corrected chi connectivity index (χ0v) is 82.5. The van der Waals surface area contributed by atoms with Gasteiger partial charge in [-0.2, -0.15) is 8.78 Å². The molecule has 4 atom stereocenters. The van der Waals surface area contributed by atoms with Crippen molar-refractivity contribution in [3.63, 3.8) is 0 Å². The van der Waals surface area contributed by atoms with Crippen LogP contribution in [0.3, 0.4) is 0 Å². The number of amides is 5. The zero-order chi connectivity index (χ0) is 107. The molecule has 5 aliphatic rings. The summed E-state index contributed by atoms with van der Waals surface area (Å²) in [6, 6.07) is 40.2. The second-order valence-electron chi connectivity index (χ2n) is 39.8. The smallest absolute Gasteiger partial charge is 0.387 e. The number of fused-ring (bicyclic) bond motifs is 5. The summed E-state index contributed by atoms with van der Waals surface area (Å²) in [7, 11) is 0. The summed E-state index contributed by atoms with van der Waals surface area (Å²) in [4.78, 5) is 101. The van der Waals surface area contributed by atoms with Gasteiger partial charge >= 0.3 is 6.61 Å². The maximum atomic E-state index is 14.1. The van der Waals surface area contributed by atoms with Crippen LogP contribution in [0.2, 0.25) is 0 Å². The second-order valence-corrected chi connectivity index (χ2v) is 39.8. The number of alkyl halides is 2. The van der Waals surface area contributed by atoms with Crippen molar-refractivity contribution < 1.29 is 89.4 Å². The Balaban J connectivity index is 0.000000139. The Morgan fingerprint density at radius 1 is 0.385 bits per heavy atom. The Labute approximate surface area is 846 Å². The summed E-state index contributed by atoms with van der Waals surface area (Å²) in [6.45, 7) is 47.7. The Morgan fingerprint density at radius 3 is 1.03 bits per heavy atom. The van der Waals surface area contributed by atoms with E-state index in [0.717, 1.165) is 107 Å². The maximum Gasteiger partial charge on any atom is 0.387 e. The van der Waals surface area contributed by atoms with Crippen molar-refractivity contribution in [2.24, 2.45) is 0 Å². The number of carbonyl (C=O) groups excluding carboxylic acids is 5. The normalized spacial score (nSPS) is 16.0. The van der Waals surface area contributed by atoms with Gasteiger partial charge in [0.2, 0.25) is 82.0 Å². The Hall–Kier alpha value is -15.8. The molecule has 0 aliphatic heterocycles. The topological polar surface area (TPSA) is 367 Å². The fourth-order valence-electron chi connectivity index (χ4n) is 18.7. The number of nitrogens with one attached hydrogen (secondary N) is 5. The first-order valence-electron chi connectivity index (χ1n) is 48.2. The molecule has 0 saturated heterocycles. The van der Waals surface area contributed by atoms with Gasteiger partial charge < -0.3 is 53.1 Å². The standard InChI is InChI=1S/2C23H23FN4O2.2C22H20F2N4O2.C19H22F2N4O3/c1-14-6-4-7-15(10-14)23(2,30)13-21(29)27-22-26-19-11-17(24)18(25-3)12-20(19)28(22)16-8-5-9-16;1-14-7-9-15(10-8-14)23(2,30)13-21(29)27-22-26-19-11-17(24)18(25-3)12-20(19)28(22)16-5-4-6-16;2*1-22(30,14-8-3-4-9-15(14)23)12-20(29)27-21-26-18-10-16(24)17(25-2)11-19(18)28(21)13-6-5-7-13;1-18(2,27)10-14(26)23-17-24-15-12(25(17)19(3)6-5-7-19)8-11(22-4)9-13(15)28-16(20)21/h4,6-7,10-12,16,30H,5,8-9,13H2,1-2H3,(H,26,27,29);7-12,16,30H,4-6,13H2,1-2H3,(H,26,27,29);2*3-4,8-11,13,30H,5-7,12H2,1H3,(H,26,27,29);8-9,16,27H,5-7,10H2,1-3H3,(H,23,24,26)/t2*23-;2*22-;/m0010./s1. The van der Waals surface area contributed by atoms with Crippen LogP contribution < -0.4 is 31.3 Å². The van der Waals surface area contributed by atoms with Crippen LogP contribution in [0.15, 0.2) is 158 Å². The number of ether oxygens (including phenoxy) is 1. The average Bonchev–Trinajstić information content (AvgIpc) is 1.58. The van der Waals surface area contributed by atoms with E-state index >= 15 is 0 Å². The minimum absolute atomic E-state index is 0.0245. The van der Waals surface area contributed by atoms with Crippen LogP contribution in [0, 0.1) is 81.6 Å². The van der Waals surface area contributed by atoms with Crippen LogP contribution >= 0.6 is 0 Å². The fourth-order valence-corrected chi connectivity index (χ4v) is 18.7. The van der Waals surface area contributed by atoms with Gasteiger partial charge in [-0.25, -0.2) is 75.5 Å². The number of nitrogens with zero attached hydrogens (tertiary/aromatic N) is 15. The molecule has 5 amide bonds. The van der Waals surface area contributed by atoms with E-state index in [9.17, 15) is 84.6 Å². The molecule has 148 heavy (non-hydrogen) atoms. The van der Waals surface area contributed by atoms with Crippen LogP contribution in [0.1, 0.15) is 234 Å². The molecule has 0 spiro atoms. The number of aryl methyl sites for hydroxylation is 2. The summed E-state index contributed by atoms with van der Waals surface area (Å²) in [5, 5.41) is 66.6. The number of imidazole rings is 5. The first kappa shape index (κ1) is 106.